The molecule has 0 unspecified atom stereocenters. The van der Waals surface area contributed by atoms with Crippen molar-refractivity contribution in [2.75, 3.05) is 34.0 Å². The number of aromatic hydroxyl groups is 5. The fourth-order valence-electron chi connectivity index (χ4n) is 10.0. The first kappa shape index (κ1) is 67.4. The van der Waals surface area contributed by atoms with Gasteiger partial charge >= 0.3 is 23.3 Å². The molecule has 0 bridgehead atoms. The highest BCUT2D eigenvalue weighted by molar-refractivity contribution is 5.90. The van der Waals surface area contributed by atoms with E-state index in [4.69, 9.17) is 61.3 Å². The summed E-state index contributed by atoms with van der Waals surface area (Å²) in [6.45, 7) is -0.825. The number of ether oxygens (including phenoxy) is 12. The molecule has 32 nitrogen and oxygen atoms in total. The second-order valence-corrected chi connectivity index (χ2v) is 21.3. The van der Waals surface area contributed by atoms with Crippen LogP contribution in [-0.4, -0.2) is 256 Å². The van der Waals surface area contributed by atoms with Crippen LogP contribution in [-0.2, 0) is 42.7 Å². The first-order valence-corrected chi connectivity index (χ1v) is 27.8. The number of aliphatic hydroxyl groups is 12. The number of hydrogen-bond donors (Lipinski definition) is 17. The SMILES string of the molecule is COc1cc(-c2[o+]c3cc(O)cc(O[C@@H]4O[C@H](CO)[C@@H](O)[C@H](O)[C@H]4O)c3cc2O[C@@H]2O[C@H](CO[C@@H]3O[C@@H](C)[C@H](OC(=O)/C=C/c4ccc(O[C@@H]5O[C@@H](COC(=O)C=Cc6ccc(O)c(O)c6)[C@@H](O)[C@H](O)[C@H]5O)c(O)c4)[C@H](O)[C@@H]3O)[C@@H](O)[C@@H](O)[C@@H]2O)cc(OC)c1O. The molecule has 4 saturated heterocycles. The number of phenols is 5. The minimum atomic E-state index is -2.05. The van der Waals surface area contributed by atoms with E-state index in [-0.39, 0.29) is 62.4 Å². The van der Waals surface area contributed by atoms with Gasteiger partial charge in [0.1, 0.15) is 109 Å². The Hall–Kier alpha value is -7.97. The van der Waals surface area contributed by atoms with Crippen molar-refractivity contribution in [2.45, 2.75) is 130 Å². The zero-order chi connectivity index (χ0) is 65.9. The first-order valence-electron chi connectivity index (χ1n) is 27.8. The lowest BCUT2D eigenvalue weighted by atomic mass is 9.98. The fourth-order valence-corrected chi connectivity index (χ4v) is 10.0. The van der Waals surface area contributed by atoms with E-state index in [9.17, 15) is 96.4 Å². The van der Waals surface area contributed by atoms with Crippen molar-refractivity contribution in [1.82, 2.24) is 0 Å². The molecule has 0 spiro atoms. The summed E-state index contributed by atoms with van der Waals surface area (Å²) in [6.07, 6.45) is -30.9. The number of aliphatic hydroxyl groups excluding tert-OH is 12. The van der Waals surface area contributed by atoms with Gasteiger partial charge in [-0.1, -0.05) is 12.1 Å². The van der Waals surface area contributed by atoms with Crippen LogP contribution < -0.4 is 23.7 Å². The highest BCUT2D eigenvalue weighted by Crippen LogP contribution is 2.47. The van der Waals surface area contributed by atoms with Crippen molar-refractivity contribution < 1.29 is 158 Å². The smallest absolute Gasteiger partial charge is 0.402 e. The number of fused-ring (bicyclic) bond motifs is 1. The summed E-state index contributed by atoms with van der Waals surface area (Å²) in [5, 5.41) is 181. The molecule has 17 N–H and O–H groups in total. The van der Waals surface area contributed by atoms with Crippen LogP contribution in [0.3, 0.4) is 0 Å². The molecule has 20 atom stereocenters. The molecule has 0 radical (unpaired) electrons. The second-order valence-electron chi connectivity index (χ2n) is 21.3. The maximum atomic E-state index is 13.1. The minimum absolute atomic E-state index is 0.0583. The highest BCUT2D eigenvalue weighted by atomic mass is 16.7. The summed E-state index contributed by atoms with van der Waals surface area (Å²) in [5.41, 5.74) is 0.402. The third kappa shape index (κ3) is 14.9. The van der Waals surface area contributed by atoms with E-state index in [0.29, 0.717) is 5.56 Å². The van der Waals surface area contributed by atoms with Gasteiger partial charge in [0.05, 0.1) is 45.2 Å². The Balaban J connectivity index is 0.832. The van der Waals surface area contributed by atoms with Crippen LogP contribution in [0.5, 0.6) is 57.5 Å². The Morgan fingerprint density at radius 1 is 0.505 bits per heavy atom. The number of benzene rings is 4. The molecular weight excluding hydrogens is 1220 g/mol. The van der Waals surface area contributed by atoms with E-state index < -0.39 is 178 Å². The normalized spacial score (nSPS) is 31.9. The van der Waals surface area contributed by atoms with E-state index in [1.807, 2.05) is 0 Å². The largest absolute Gasteiger partial charge is 0.507 e. The van der Waals surface area contributed by atoms with Gasteiger partial charge in [0.2, 0.25) is 30.4 Å². The zero-order valence-corrected chi connectivity index (χ0v) is 48.1. The first-order chi connectivity index (χ1) is 43.3. The summed E-state index contributed by atoms with van der Waals surface area (Å²) < 4.78 is 73.7. The monoisotopic (exact) mass is 1290 g/mol. The molecule has 0 aliphatic carbocycles. The standard InChI is InChI=1S/C59H66O32/c1-22-54(91-41(66)11-7-24-5-9-31(30(64)13-24)85-57-51(76)47(72)44(69)38(89-57)20-81-40(65)10-6-23-4-8-28(62)29(63)12-23)49(74)53(78)56(83-22)82-21-39-45(70)48(73)52(77)59(90-39)87-36-18-27-32(84-55(36)25-14-34(79-2)42(67)35(15-25)80-3)16-26(61)17-33(27)86-58-50(75)46(71)43(68)37(19-60)88-58/h4-18,22,37-39,43-54,56-60,68-78H,19-21H2,1-3H3,(H4-,61,62,63,64,65,67)/p+1/b11-7+/t22-,37+,38-,39+,43+,44+,45+,46-,47-,48+,49+,50+,51+,52-,53-,54-,56+,57+,58+,59+/m0/s1. The molecule has 0 amide bonds. The number of carbonyl (C=O) groups excluding carboxylic acids is 2. The molecule has 1 aromatic heterocycles. The maximum absolute atomic E-state index is 13.1. The van der Waals surface area contributed by atoms with Crippen molar-refractivity contribution in [3.05, 3.63) is 90.0 Å². The van der Waals surface area contributed by atoms with Gasteiger partial charge in [-0.3, -0.25) is 0 Å². The van der Waals surface area contributed by atoms with Crippen LogP contribution >= 0.6 is 0 Å². The molecule has 9 rings (SSSR count). The predicted octanol–water partition coefficient (Wildman–Crippen LogP) is -2.16. The fraction of sp³-hybridized carbons (Fsp3) is 0.441. The van der Waals surface area contributed by atoms with Gasteiger partial charge in [0, 0.05) is 36.4 Å². The number of rotatable bonds is 20. The van der Waals surface area contributed by atoms with Crippen LogP contribution in [0.15, 0.2) is 83.3 Å². The number of phenolic OH excluding ortho intramolecular Hbond substituents is 5. The van der Waals surface area contributed by atoms with Gasteiger partial charge in [-0.15, -0.1) is 0 Å². The molecule has 5 heterocycles. The van der Waals surface area contributed by atoms with Crippen LogP contribution in [0.25, 0.3) is 34.4 Å². The Morgan fingerprint density at radius 3 is 1.59 bits per heavy atom. The molecule has 494 valence electrons. The van der Waals surface area contributed by atoms with Crippen molar-refractivity contribution >= 4 is 35.1 Å². The van der Waals surface area contributed by atoms with Crippen LogP contribution in [0.1, 0.15) is 18.1 Å². The summed E-state index contributed by atoms with van der Waals surface area (Å²) in [5.74, 6) is -5.73. The zero-order valence-electron chi connectivity index (χ0n) is 48.1. The van der Waals surface area contributed by atoms with Crippen molar-refractivity contribution in [3.63, 3.8) is 0 Å². The summed E-state index contributed by atoms with van der Waals surface area (Å²) in [7, 11) is 2.48. The van der Waals surface area contributed by atoms with Gasteiger partial charge < -0.3 is 144 Å². The average molecular weight is 1290 g/mol. The maximum Gasteiger partial charge on any atom is 0.402 e. The van der Waals surface area contributed by atoms with Gasteiger partial charge in [0.15, 0.2) is 46.9 Å². The summed E-state index contributed by atoms with van der Waals surface area (Å²) >= 11 is 0. The number of carbonyl (C=O) groups is 2. The van der Waals surface area contributed by atoms with Gasteiger partial charge in [-0.25, -0.2) is 14.0 Å². The number of esters is 2. The average Bonchev–Trinajstić information content (AvgIpc) is 0.986. The third-order valence-corrected chi connectivity index (χ3v) is 15.1. The molecule has 4 aliphatic rings. The third-order valence-electron chi connectivity index (χ3n) is 15.1. The Kier molecular flexibility index (Phi) is 21.3. The van der Waals surface area contributed by atoms with E-state index in [1.165, 1.54) is 81.8 Å². The molecule has 0 saturated carbocycles. The highest BCUT2D eigenvalue weighted by Gasteiger charge is 2.51. The van der Waals surface area contributed by atoms with Gasteiger partial charge in [0.25, 0.3) is 0 Å². The van der Waals surface area contributed by atoms with Crippen LogP contribution in [0, 0.1) is 0 Å². The topological polar surface area (TPSA) is 500 Å². The van der Waals surface area contributed by atoms with Crippen molar-refractivity contribution in [3.8, 4) is 68.8 Å². The molecular formula is C59H67O32+. The van der Waals surface area contributed by atoms with Crippen LogP contribution in [0.2, 0.25) is 0 Å². The Bertz CT molecular complexity index is 3410. The quantitative estimate of drug-likeness (QED) is 0.0171. The summed E-state index contributed by atoms with van der Waals surface area (Å²) in [6, 6.07) is 13.5. The predicted molar refractivity (Wildman–Crippen MR) is 301 cm³/mol. The lowest BCUT2D eigenvalue weighted by Gasteiger charge is -2.42. The van der Waals surface area contributed by atoms with E-state index >= 15 is 0 Å². The molecule has 32 heteroatoms. The Morgan fingerprint density at radius 2 is 1.02 bits per heavy atom. The second kappa shape index (κ2) is 28.7. The van der Waals surface area contributed by atoms with E-state index in [2.05, 4.69) is 0 Å². The minimum Gasteiger partial charge on any atom is -0.507 e. The lowest BCUT2D eigenvalue weighted by molar-refractivity contribution is -0.319. The number of hydrogen-bond acceptors (Lipinski definition) is 31. The van der Waals surface area contributed by atoms with E-state index in [1.54, 1.807) is 0 Å². The van der Waals surface area contributed by atoms with Crippen molar-refractivity contribution in [2.24, 2.45) is 0 Å². The van der Waals surface area contributed by atoms with Gasteiger partial charge in [-0.2, -0.15) is 0 Å². The molecule has 4 aromatic carbocycles. The van der Waals surface area contributed by atoms with Gasteiger partial charge in [-0.05, 0) is 54.5 Å². The van der Waals surface area contributed by atoms with Crippen molar-refractivity contribution in [1.29, 1.82) is 0 Å². The molecule has 91 heavy (non-hydrogen) atoms. The van der Waals surface area contributed by atoms with E-state index in [0.717, 1.165) is 30.4 Å². The molecule has 5 aromatic rings. The molecule has 4 aliphatic heterocycles. The number of methoxy groups -OCH3 is 2. The Labute approximate surface area is 514 Å². The van der Waals surface area contributed by atoms with Crippen LogP contribution in [0.4, 0.5) is 0 Å². The molecule has 4 fully saturated rings. The summed E-state index contributed by atoms with van der Waals surface area (Å²) in [4.78, 5) is 25.5. The lowest BCUT2D eigenvalue weighted by Crippen LogP contribution is -2.62.